The number of aryl methyl sites for hydroxylation is 1. The molecule has 2 aliphatic heterocycles. The Bertz CT molecular complexity index is 1130. The van der Waals surface area contributed by atoms with Crippen LogP contribution in [-0.2, 0) is 15.9 Å². The molecule has 0 spiro atoms. The average Bonchev–Trinajstić information content (AvgIpc) is 3.13. The second kappa shape index (κ2) is 10.4. The van der Waals surface area contributed by atoms with Crippen LogP contribution in [-0.4, -0.2) is 50.7 Å². The zero-order valence-corrected chi connectivity index (χ0v) is 20.1. The third-order valence-corrected chi connectivity index (χ3v) is 6.46. The van der Waals surface area contributed by atoms with Crippen molar-refractivity contribution in [3.63, 3.8) is 0 Å². The molecular formula is C29H33N3O2. The number of fused-ring (bicyclic) bond motifs is 3. The molecule has 5 rings (SSSR count). The summed E-state index contributed by atoms with van der Waals surface area (Å²) in [6, 6.07) is 10.6. The van der Waals surface area contributed by atoms with Crippen molar-refractivity contribution in [1.82, 2.24) is 10.2 Å². The number of aliphatic imine (C=N–C) groups is 1. The van der Waals surface area contributed by atoms with E-state index in [0.717, 1.165) is 60.7 Å². The van der Waals surface area contributed by atoms with E-state index < -0.39 is 0 Å². The number of benzene rings is 1. The van der Waals surface area contributed by atoms with E-state index in [0.29, 0.717) is 13.2 Å². The molecule has 1 unspecified atom stereocenters. The molecule has 0 bridgehead atoms. The minimum atomic E-state index is -0.0898. The summed E-state index contributed by atoms with van der Waals surface area (Å²) in [5.41, 5.74) is 7.11. The molecule has 4 aliphatic rings. The Morgan fingerprint density at radius 1 is 1.12 bits per heavy atom. The van der Waals surface area contributed by atoms with Gasteiger partial charge in [0.1, 0.15) is 24.3 Å². The van der Waals surface area contributed by atoms with Gasteiger partial charge in [0.05, 0.1) is 5.70 Å². The molecule has 0 radical (unpaired) electrons. The zero-order chi connectivity index (χ0) is 23.3. The monoisotopic (exact) mass is 455 g/mol. The second-order valence-electron chi connectivity index (χ2n) is 9.29. The molecule has 176 valence electrons. The van der Waals surface area contributed by atoms with Crippen molar-refractivity contribution >= 4 is 5.84 Å². The molecule has 5 nitrogen and oxygen atoms in total. The van der Waals surface area contributed by atoms with E-state index in [1.54, 1.807) is 0 Å². The summed E-state index contributed by atoms with van der Waals surface area (Å²) in [6.07, 6.45) is 16.4. The Morgan fingerprint density at radius 2 is 2.00 bits per heavy atom. The van der Waals surface area contributed by atoms with Gasteiger partial charge in [0, 0.05) is 29.5 Å². The first-order valence-corrected chi connectivity index (χ1v) is 12.2. The van der Waals surface area contributed by atoms with E-state index in [2.05, 4.69) is 85.0 Å². The Kier molecular flexibility index (Phi) is 6.93. The van der Waals surface area contributed by atoms with Crippen molar-refractivity contribution < 1.29 is 9.47 Å². The number of hydrogen-bond acceptors (Lipinski definition) is 5. The van der Waals surface area contributed by atoms with Crippen LogP contribution in [0.1, 0.15) is 24.8 Å². The highest BCUT2D eigenvalue weighted by molar-refractivity contribution is 5.91. The lowest BCUT2D eigenvalue weighted by molar-refractivity contribution is 0.0843. The fourth-order valence-corrected chi connectivity index (χ4v) is 4.70. The van der Waals surface area contributed by atoms with Crippen molar-refractivity contribution in [2.24, 2.45) is 4.99 Å². The lowest BCUT2D eigenvalue weighted by atomic mass is 10.0. The second-order valence-corrected chi connectivity index (χ2v) is 9.29. The average molecular weight is 456 g/mol. The van der Waals surface area contributed by atoms with Crippen LogP contribution in [0.25, 0.3) is 0 Å². The maximum Gasteiger partial charge on any atom is 0.135 e. The number of allylic oxidation sites excluding steroid dienone is 7. The highest BCUT2D eigenvalue weighted by atomic mass is 16.5. The number of nitrogens with one attached hydrogen (secondary N) is 1. The van der Waals surface area contributed by atoms with E-state index in [1.165, 1.54) is 16.7 Å². The van der Waals surface area contributed by atoms with Crippen LogP contribution >= 0.6 is 0 Å². The van der Waals surface area contributed by atoms with Crippen molar-refractivity contribution in [2.45, 2.75) is 31.8 Å². The summed E-state index contributed by atoms with van der Waals surface area (Å²) >= 11 is 0. The van der Waals surface area contributed by atoms with Gasteiger partial charge in [0.15, 0.2) is 0 Å². The van der Waals surface area contributed by atoms with Crippen LogP contribution in [0.2, 0.25) is 0 Å². The summed E-state index contributed by atoms with van der Waals surface area (Å²) in [5, 5.41) is 3.69. The fraction of sp³-hybridized carbons (Fsp3) is 0.345. The van der Waals surface area contributed by atoms with Crippen molar-refractivity contribution in [3.8, 4) is 0 Å². The fourth-order valence-electron chi connectivity index (χ4n) is 4.70. The summed E-state index contributed by atoms with van der Waals surface area (Å²) in [5.74, 6) is 1.87. The SMILES string of the molecule is CN(C)CCCOC(CCc1ccccc1)C1=NC=C2CC=CC3=C4OCC=CC4=CC3=C2N1. The lowest BCUT2D eigenvalue weighted by Crippen LogP contribution is -2.39. The summed E-state index contributed by atoms with van der Waals surface area (Å²) in [7, 11) is 4.19. The third-order valence-electron chi connectivity index (χ3n) is 6.46. The van der Waals surface area contributed by atoms with Gasteiger partial charge in [-0.1, -0.05) is 48.6 Å². The van der Waals surface area contributed by atoms with Gasteiger partial charge >= 0.3 is 0 Å². The smallest absolute Gasteiger partial charge is 0.135 e. The van der Waals surface area contributed by atoms with Gasteiger partial charge in [0.25, 0.3) is 0 Å². The minimum absolute atomic E-state index is 0.0898. The molecule has 1 aromatic rings. The van der Waals surface area contributed by atoms with Crippen LogP contribution < -0.4 is 5.32 Å². The first-order valence-electron chi connectivity index (χ1n) is 12.2. The molecule has 34 heavy (non-hydrogen) atoms. The molecule has 1 aromatic carbocycles. The zero-order valence-electron chi connectivity index (χ0n) is 20.1. The molecule has 0 saturated carbocycles. The van der Waals surface area contributed by atoms with Crippen molar-refractivity contribution in [3.05, 3.63) is 106 Å². The molecule has 2 aliphatic carbocycles. The van der Waals surface area contributed by atoms with E-state index >= 15 is 0 Å². The van der Waals surface area contributed by atoms with E-state index in [9.17, 15) is 0 Å². The molecule has 2 heterocycles. The number of amidine groups is 1. The Morgan fingerprint density at radius 3 is 2.85 bits per heavy atom. The highest BCUT2D eigenvalue weighted by Crippen LogP contribution is 2.40. The van der Waals surface area contributed by atoms with Gasteiger partial charge in [-0.25, -0.2) is 4.99 Å². The predicted octanol–water partition coefficient (Wildman–Crippen LogP) is 4.84. The number of nitrogens with zero attached hydrogens (tertiary/aromatic N) is 2. The van der Waals surface area contributed by atoms with Crippen LogP contribution in [0.5, 0.6) is 0 Å². The van der Waals surface area contributed by atoms with E-state index in [1.807, 2.05) is 6.20 Å². The maximum atomic E-state index is 6.42. The van der Waals surface area contributed by atoms with Gasteiger partial charge in [-0.3, -0.25) is 0 Å². The third kappa shape index (κ3) is 5.01. The van der Waals surface area contributed by atoms with Crippen LogP contribution in [0.15, 0.2) is 106 Å². The van der Waals surface area contributed by atoms with Gasteiger partial charge < -0.3 is 19.7 Å². The Balaban J connectivity index is 1.39. The molecule has 0 amide bonds. The first-order chi connectivity index (χ1) is 16.7. The summed E-state index contributed by atoms with van der Waals surface area (Å²) < 4.78 is 12.4. The largest absolute Gasteiger partial charge is 0.488 e. The van der Waals surface area contributed by atoms with Gasteiger partial charge in [-0.05, 0) is 69.6 Å². The highest BCUT2D eigenvalue weighted by Gasteiger charge is 2.30. The van der Waals surface area contributed by atoms with Crippen molar-refractivity contribution in [1.29, 1.82) is 0 Å². The minimum Gasteiger partial charge on any atom is -0.488 e. The number of hydrogen-bond donors (Lipinski definition) is 1. The predicted molar refractivity (Wildman–Crippen MR) is 137 cm³/mol. The van der Waals surface area contributed by atoms with Gasteiger partial charge in [0.2, 0.25) is 0 Å². The maximum absolute atomic E-state index is 6.42. The van der Waals surface area contributed by atoms with Gasteiger partial charge in [-0.15, -0.1) is 0 Å². The number of ether oxygens (including phenoxy) is 2. The molecule has 5 heteroatoms. The van der Waals surface area contributed by atoms with E-state index in [-0.39, 0.29) is 6.10 Å². The standard InChI is InChI=1S/C29H33N3O2/c1-32(2)16-8-18-33-26(15-14-21-9-4-3-5-10-21)29-30-20-23-11-6-13-24-25(27(23)31-29)19-22-12-7-17-34-28(22)24/h3-7,9-10,12-13,19-20,26H,8,11,14-18H2,1-2H3,(H,30,31). The quantitative estimate of drug-likeness (QED) is 0.542. The Hall–Kier alpha value is -3.15. The molecule has 0 fully saturated rings. The summed E-state index contributed by atoms with van der Waals surface area (Å²) in [6.45, 7) is 2.34. The van der Waals surface area contributed by atoms with Crippen molar-refractivity contribution in [2.75, 3.05) is 33.9 Å². The molecule has 1 N–H and O–H groups in total. The normalized spacial score (nSPS) is 19.4. The molecule has 0 aromatic heterocycles. The molecule has 0 saturated heterocycles. The van der Waals surface area contributed by atoms with Crippen LogP contribution in [0, 0.1) is 0 Å². The summed E-state index contributed by atoms with van der Waals surface area (Å²) in [4.78, 5) is 7.04. The molecular weight excluding hydrogens is 422 g/mol. The van der Waals surface area contributed by atoms with Crippen LogP contribution in [0.3, 0.4) is 0 Å². The van der Waals surface area contributed by atoms with Gasteiger partial charge in [-0.2, -0.15) is 0 Å². The van der Waals surface area contributed by atoms with Crippen LogP contribution in [0.4, 0.5) is 0 Å². The Labute approximate surface area is 202 Å². The number of rotatable bonds is 9. The topological polar surface area (TPSA) is 46.1 Å². The first kappa shape index (κ1) is 22.6. The lowest BCUT2D eigenvalue weighted by Gasteiger charge is -2.26. The molecule has 1 atom stereocenters. The van der Waals surface area contributed by atoms with E-state index in [4.69, 9.17) is 14.5 Å².